The fourth-order valence-corrected chi connectivity index (χ4v) is 4.14. The second-order valence-electron chi connectivity index (χ2n) is 5.32. The predicted molar refractivity (Wildman–Crippen MR) is 71.7 cm³/mol. The molecule has 2 rings (SSSR count). The summed E-state index contributed by atoms with van der Waals surface area (Å²) in [5, 5.41) is 8.84. The summed E-state index contributed by atoms with van der Waals surface area (Å²) in [7, 11) is -3.69. The third kappa shape index (κ3) is 3.37. The van der Waals surface area contributed by atoms with Gasteiger partial charge in [0.05, 0.1) is 6.20 Å². The van der Waals surface area contributed by atoms with E-state index in [1.807, 2.05) is 0 Å². The number of carboxylic acids is 1. The van der Waals surface area contributed by atoms with Crippen LogP contribution in [0.4, 0.5) is 0 Å². The van der Waals surface area contributed by atoms with Crippen LogP contribution in [-0.4, -0.2) is 35.0 Å². The van der Waals surface area contributed by atoms with Gasteiger partial charge < -0.3 is 10.1 Å². The number of carboxylic acid groups (broad SMARTS) is 1. The lowest BCUT2D eigenvalue weighted by Crippen LogP contribution is -2.46. The molecule has 0 aliphatic heterocycles. The van der Waals surface area contributed by atoms with Crippen molar-refractivity contribution in [3.05, 3.63) is 12.0 Å². The number of nitrogens with one attached hydrogen (secondary N) is 2. The van der Waals surface area contributed by atoms with Crippen LogP contribution < -0.4 is 4.72 Å². The minimum atomic E-state index is -3.69. The first-order valence-corrected chi connectivity index (χ1v) is 8.09. The number of rotatable bonds is 6. The second kappa shape index (κ2) is 5.53. The number of sulfonamides is 1. The molecule has 1 aromatic rings. The molecule has 0 amide bonds. The van der Waals surface area contributed by atoms with Gasteiger partial charge in [0.1, 0.15) is 5.82 Å². The number of H-pyrrole nitrogens is 1. The summed E-state index contributed by atoms with van der Waals surface area (Å²) in [5.41, 5.74) is -0.643. The second-order valence-corrected chi connectivity index (χ2v) is 6.97. The number of aliphatic carboxylic acids is 1. The molecule has 0 radical (unpaired) electrons. The van der Waals surface area contributed by atoms with E-state index < -0.39 is 21.5 Å². The molecule has 20 heavy (non-hydrogen) atoms. The Bertz CT molecular complexity index is 588. The van der Waals surface area contributed by atoms with E-state index in [9.17, 15) is 13.2 Å². The van der Waals surface area contributed by atoms with Gasteiger partial charge in [-0.3, -0.25) is 4.79 Å². The molecule has 0 bridgehead atoms. The Labute approximate surface area is 117 Å². The average Bonchev–Trinajstić information content (AvgIpc) is 2.96. The minimum Gasteiger partial charge on any atom is -0.481 e. The number of aromatic nitrogens is 2. The fourth-order valence-electron chi connectivity index (χ4n) is 2.68. The Morgan fingerprint density at radius 1 is 1.50 bits per heavy atom. The summed E-state index contributed by atoms with van der Waals surface area (Å²) in [4.78, 5) is 17.3. The Kier molecular flexibility index (Phi) is 4.14. The normalized spacial score (nSPS) is 18.2. The third-order valence-electron chi connectivity index (χ3n) is 3.70. The maximum Gasteiger partial charge on any atom is 0.303 e. The van der Waals surface area contributed by atoms with Crippen LogP contribution in [0, 0.1) is 6.92 Å². The molecule has 1 aliphatic carbocycles. The van der Waals surface area contributed by atoms with Gasteiger partial charge in [0, 0.05) is 12.0 Å². The molecule has 1 aliphatic rings. The molecule has 0 spiro atoms. The van der Waals surface area contributed by atoms with Crippen molar-refractivity contribution < 1.29 is 18.3 Å². The molecule has 3 N–H and O–H groups in total. The smallest absolute Gasteiger partial charge is 0.303 e. The topological polar surface area (TPSA) is 112 Å². The molecule has 1 heterocycles. The van der Waals surface area contributed by atoms with E-state index in [-0.39, 0.29) is 11.4 Å². The lowest BCUT2D eigenvalue weighted by molar-refractivity contribution is -0.137. The molecular weight excluding hydrogens is 282 g/mol. The van der Waals surface area contributed by atoms with Gasteiger partial charge in [0.15, 0.2) is 5.03 Å². The van der Waals surface area contributed by atoms with Crippen LogP contribution in [0.3, 0.4) is 0 Å². The van der Waals surface area contributed by atoms with Crippen molar-refractivity contribution in [1.82, 2.24) is 14.7 Å². The van der Waals surface area contributed by atoms with Crippen molar-refractivity contribution in [2.45, 2.75) is 56.0 Å². The number of hydrogen-bond acceptors (Lipinski definition) is 4. The highest BCUT2D eigenvalue weighted by molar-refractivity contribution is 7.89. The van der Waals surface area contributed by atoms with E-state index in [1.165, 1.54) is 6.20 Å². The maximum absolute atomic E-state index is 12.3. The molecule has 1 saturated carbocycles. The molecule has 112 valence electrons. The summed E-state index contributed by atoms with van der Waals surface area (Å²) >= 11 is 0. The van der Waals surface area contributed by atoms with Crippen LogP contribution >= 0.6 is 0 Å². The van der Waals surface area contributed by atoms with Crippen molar-refractivity contribution in [3.63, 3.8) is 0 Å². The summed E-state index contributed by atoms with van der Waals surface area (Å²) in [6, 6.07) is 0. The highest BCUT2D eigenvalue weighted by Gasteiger charge is 2.38. The molecule has 0 aromatic carbocycles. The van der Waals surface area contributed by atoms with Crippen molar-refractivity contribution in [2.75, 3.05) is 0 Å². The van der Waals surface area contributed by atoms with Crippen LogP contribution in [-0.2, 0) is 14.8 Å². The number of aromatic amines is 1. The molecule has 1 fully saturated rings. The van der Waals surface area contributed by atoms with Crippen molar-refractivity contribution in [3.8, 4) is 0 Å². The standard InChI is InChI=1S/C12H19N3O4S/c1-9-13-8-10(14-9)20(18,19)15-12(5-2-3-6-12)7-4-11(16)17/h8,15H,2-7H2,1H3,(H,13,14)(H,16,17). The lowest BCUT2D eigenvalue weighted by atomic mass is 9.93. The number of aryl methyl sites for hydroxylation is 1. The first-order valence-electron chi connectivity index (χ1n) is 6.60. The maximum atomic E-state index is 12.3. The summed E-state index contributed by atoms with van der Waals surface area (Å²) in [6.07, 6.45) is 4.71. The number of nitrogens with zero attached hydrogens (tertiary/aromatic N) is 1. The number of hydrogen-bond donors (Lipinski definition) is 3. The van der Waals surface area contributed by atoms with Crippen LogP contribution in [0.1, 0.15) is 44.3 Å². The zero-order valence-electron chi connectivity index (χ0n) is 11.3. The first kappa shape index (κ1) is 15.0. The van der Waals surface area contributed by atoms with E-state index in [2.05, 4.69) is 14.7 Å². The Hall–Kier alpha value is -1.41. The number of imidazole rings is 1. The van der Waals surface area contributed by atoms with Crippen LogP contribution in [0.25, 0.3) is 0 Å². The van der Waals surface area contributed by atoms with Gasteiger partial charge in [0.2, 0.25) is 0 Å². The van der Waals surface area contributed by atoms with Gasteiger partial charge in [-0.25, -0.2) is 18.1 Å². The highest BCUT2D eigenvalue weighted by Crippen LogP contribution is 2.34. The molecule has 0 atom stereocenters. The van der Waals surface area contributed by atoms with E-state index in [0.717, 1.165) is 12.8 Å². The van der Waals surface area contributed by atoms with Gasteiger partial charge in [-0.15, -0.1) is 0 Å². The van der Waals surface area contributed by atoms with E-state index in [0.29, 0.717) is 25.1 Å². The van der Waals surface area contributed by atoms with E-state index >= 15 is 0 Å². The Balaban J connectivity index is 2.17. The van der Waals surface area contributed by atoms with Crippen molar-refractivity contribution >= 4 is 16.0 Å². The highest BCUT2D eigenvalue weighted by atomic mass is 32.2. The molecule has 1 aromatic heterocycles. The predicted octanol–water partition coefficient (Wildman–Crippen LogP) is 1.17. The Morgan fingerprint density at radius 3 is 2.65 bits per heavy atom. The zero-order valence-corrected chi connectivity index (χ0v) is 12.2. The van der Waals surface area contributed by atoms with Gasteiger partial charge in [-0.1, -0.05) is 12.8 Å². The van der Waals surface area contributed by atoms with Crippen LogP contribution in [0.15, 0.2) is 11.2 Å². The monoisotopic (exact) mass is 301 g/mol. The van der Waals surface area contributed by atoms with Gasteiger partial charge in [-0.2, -0.15) is 0 Å². The summed E-state index contributed by atoms with van der Waals surface area (Å²) in [5.74, 6) is -0.385. The first-order chi connectivity index (χ1) is 9.33. The zero-order chi connectivity index (χ0) is 14.8. The van der Waals surface area contributed by atoms with E-state index in [4.69, 9.17) is 5.11 Å². The fraction of sp³-hybridized carbons (Fsp3) is 0.667. The summed E-state index contributed by atoms with van der Waals surface area (Å²) < 4.78 is 27.3. The molecule has 0 saturated heterocycles. The van der Waals surface area contributed by atoms with Crippen molar-refractivity contribution in [1.29, 1.82) is 0 Å². The minimum absolute atomic E-state index is 0.0246. The van der Waals surface area contributed by atoms with Crippen LogP contribution in [0.2, 0.25) is 0 Å². The quantitative estimate of drug-likeness (QED) is 0.730. The molecule has 7 nitrogen and oxygen atoms in total. The molecule has 8 heteroatoms. The number of carbonyl (C=O) groups is 1. The van der Waals surface area contributed by atoms with Crippen molar-refractivity contribution in [2.24, 2.45) is 0 Å². The van der Waals surface area contributed by atoms with Gasteiger partial charge in [0.25, 0.3) is 10.0 Å². The SMILES string of the molecule is Cc1ncc(S(=O)(=O)NC2(CCC(=O)O)CCCC2)[nH]1. The summed E-state index contributed by atoms with van der Waals surface area (Å²) in [6.45, 7) is 1.68. The molecular formula is C12H19N3O4S. The Morgan fingerprint density at radius 2 is 2.15 bits per heavy atom. The van der Waals surface area contributed by atoms with Crippen LogP contribution in [0.5, 0.6) is 0 Å². The van der Waals surface area contributed by atoms with E-state index in [1.54, 1.807) is 6.92 Å². The third-order valence-corrected chi connectivity index (χ3v) is 5.19. The average molecular weight is 301 g/mol. The largest absolute Gasteiger partial charge is 0.481 e. The van der Waals surface area contributed by atoms with Gasteiger partial charge in [-0.05, 0) is 26.2 Å². The van der Waals surface area contributed by atoms with Gasteiger partial charge >= 0.3 is 5.97 Å². The molecule has 0 unspecified atom stereocenters. The lowest BCUT2D eigenvalue weighted by Gasteiger charge is -2.29.